The van der Waals surface area contributed by atoms with Crippen LogP contribution >= 0.6 is 0 Å². The molecule has 5 atom stereocenters. The average Bonchev–Trinajstić information content (AvgIpc) is 3.16. The van der Waals surface area contributed by atoms with E-state index in [1.165, 1.54) is 4.90 Å². The van der Waals surface area contributed by atoms with Crippen molar-refractivity contribution in [1.29, 1.82) is 0 Å². The lowest BCUT2D eigenvalue weighted by atomic mass is 9.78. The molecule has 0 bridgehead atoms. The van der Waals surface area contributed by atoms with Gasteiger partial charge in [-0.05, 0) is 56.9 Å². The second kappa shape index (κ2) is 10.8. The third kappa shape index (κ3) is 5.64. The number of aryl methyl sites for hydroxylation is 1. The standard InChI is InChI=1S/C24H34N2O5/c1-3-31-24(30)20(14-13-17-9-5-4-6-10-17)25-16(2)22(27)26-15-18-11-7-8-12-19(18)21(26)23(28)29/h4-6,9-10,16,18-21,25H,3,7-8,11-15H2,1-2H3,(H,28,29)/t16-,18?,19?,20-,21-/m0/s1. The molecule has 1 aromatic rings. The zero-order chi connectivity index (χ0) is 22.4. The number of nitrogens with one attached hydrogen (secondary N) is 1. The summed E-state index contributed by atoms with van der Waals surface area (Å²) in [4.78, 5) is 39.3. The molecule has 1 saturated carbocycles. The van der Waals surface area contributed by atoms with Gasteiger partial charge in [-0.15, -0.1) is 0 Å². The molecule has 2 fully saturated rings. The molecule has 0 spiro atoms. The molecule has 1 amide bonds. The van der Waals surface area contributed by atoms with E-state index in [0.717, 1.165) is 31.2 Å². The fraction of sp³-hybridized carbons (Fsp3) is 0.625. The molecule has 2 unspecified atom stereocenters. The Kier molecular flexibility index (Phi) is 8.07. The smallest absolute Gasteiger partial charge is 0.326 e. The summed E-state index contributed by atoms with van der Waals surface area (Å²) in [5, 5.41) is 12.9. The zero-order valence-corrected chi connectivity index (χ0v) is 18.5. The van der Waals surface area contributed by atoms with E-state index >= 15 is 0 Å². The maximum Gasteiger partial charge on any atom is 0.326 e. The number of hydrogen-bond acceptors (Lipinski definition) is 5. The minimum Gasteiger partial charge on any atom is -0.480 e. The number of nitrogens with zero attached hydrogens (tertiary/aromatic N) is 1. The van der Waals surface area contributed by atoms with E-state index in [4.69, 9.17) is 4.74 Å². The van der Waals surface area contributed by atoms with Gasteiger partial charge in [0.25, 0.3) is 0 Å². The van der Waals surface area contributed by atoms with Crippen LogP contribution in [0.15, 0.2) is 30.3 Å². The Balaban J connectivity index is 1.67. The third-order valence-electron chi connectivity index (χ3n) is 6.63. The van der Waals surface area contributed by atoms with Crippen LogP contribution < -0.4 is 5.32 Å². The topological polar surface area (TPSA) is 95.9 Å². The van der Waals surface area contributed by atoms with Crippen molar-refractivity contribution in [3.05, 3.63) is 35.9 Å². The SMILES string of the molecule is CCOC(=O)[C@H](CCc1ccccc1)N[C@@H](C)C(=O)N1CC2CCCCC2[C@H]1C(=O)O. The van der Waals surface area contributed by atoms with Crippen molar-refractivity contribution in [2.45, 2.75) is 70.5 Å². The molecular formula is C24H34N2O5. The van der Waals surface area contributed by atoms with Gasteiger partial charge in [-0.25, -0.2) is 4.79 Å². The summed E-state index contributed by atoms with van der Waals surface area (Å²) < 4.78 is 5.21. The molecule has 0 aromatic heterocycles. The van der Waals surface area contributed by atoms with Crippen molar-refractivity contribution in [2.24, 2.45) is 11.8 Å². The maximum atomic E-state index is 13.2. The number of likely N-dealkylation sites (tertiary alicyclic amines) is 1. The molecule has 7 heteroatoms. The first kappa shape index (κ1) is 23.3. The molecule has 31 heavy (non-hydrogen) atoms. The van der Waals surface area contributed by atoms with Crippen molar-refractivity contribution in [3.8, 4) is 0 Å². The van der Waals surface area contributed by atoms with Gasteiger partial charge in [-0.3, -0.25) is 14.9 Å². The van der Waals surface area contributed by atoms with Crippen LogP contribution in [0.5, 0.6) is 0 Å². The Morgan fingerprint density at radius 2 is 1.90 bits per heavy atom. The highest BCUT2D eigenvalue weighted by molar-refractivity contribution is 5.88. The second-order valence-corrected chi connectivity index (χ2v) is 8.70. The minimum atomic E-state index is -0.930. The number of rotatable bonds is 9. The van der Waals surface area contributed by atoms with Crippen molar-refractivity contribution in [2.75, 3.05) is 13.2 Å². The lowest BCUT2D eigenvalue weighted by Gasteiger charge is -2.29. The van der Waals surface area contributed by atoms with Crippen LogP contribution in [0, 0.1) is 11.8 Å². The van der Waals surface area contributed by atoms with Gasteiger partial charge in [0.05, 0.1) is 12.6 Å². The molecule has 1 saturated heterocycles. The maximum absolute atomic E-state index is 13.2. The Morgan fingerprint density at radius 3 is 2.58 bits per heavy atom. The lowest BCUT2D eigenvalue weighted by molar-refractivity contribution is -0.151. The summed E-state index contributed by atoms with van der Waals surface area (Å²) in [6.07, 6.45) is 5.11. The van der Waals surface area contributed by atoms with E-state index in [1.54, 1.807) is 13.8 Å². The van der Waals surface area contributed by atoms with Gasteiger partial charge in [-0.2, -0.15) is 0 Å². The molecule has 2 N–H and O–H groups in total. The molecule has 1 aromatic carbocycles. The molecule has 0 radical (unpaired) electrons. The van der Waals surface area contributed by atoms with Crippen LogP contribution in [0.3, 0.4) is 0 Å². The van der Waals surface area contributed by atoms with Crippen LogP contribution in [0.2, 0.25) is 0 Å². The fourth-order valence-corrected chi connectivity index (χ4v) is 5.11. The number of esters is 1. The second-order valence-electron chi connectivity index (χ2n) is 8.70. The number of fused-ring (bicyclic) bond motifs is 1. The monoisotopic (exact) mass is 430 g/mol. The number of carboxylic acids is 1. The van der Waals surface area contributed by atoms with Crippen LogP contribution in [0.1, 0.15) is 51.5 Å². The molecule has 1 heterocycles. The Labute approximate surface area is 184 Å². The van der Waals surface area contributed by atoms with Crippen molar-refractivity contribution >= 4 is 17.8 Å². The highest BCUT2D eigenvalue weighted by Crippen LogP contribution is 2.40. The number of aliphatic carboxylic acids is 1. The summed E-state index contributed by atoms with van der Waals surface area (Å²) in [7, 11) is 0. The van der Waals surface area contributed by atoms with Gasteiger partial charge in [0, 0.05) is 6.54 Å². The van der Waals surface area contributed by atoms with Gasteiger partial charge >= 0.3 is 11.9 Å². The molecule has 170 valence electrons. The van der Waals surface area contributed by atoms with Gasteiger partial charge in [-0.1, -0.05) is 43.2 Å². The van der Waals surface area contributed by atoms with Crippen molar-refractivity contribution in [1.82, 2.24) is 10.2 Å². The first-order valence-corrected chi connectivity index (χ1v) is 11.4. The van der Waals surface area contributed by atoms with Gasteiger partial charge in [0.15, 0.2) is 0 Å². The quantitative estimate of drug-likeness (QED) is 0.585. The van der Waals surface area contributed by atoms with Crippen LogP contribution in [0.25, 0.3) is 0 Å². The highest BCUT2D eigenvalue weighted by Gasteiger charge is 2.49. The molecule has 7 nitrogen and oxygen atoms in total. The van der Waals surface area contributed by atoms with E-state index in [-0.39, 0.29) is 30.3 Å². The lowest BCUT2D eigenvalue weighted by Crippen LogP contribution is -2.54. The van der Waals surface area contributed by atoms with Crippen molar-refractivity contribution in [3.63, 3.8) is 0 Å². The van der Waals surface area contributed by atoms with Crippen molar-refractivity contribution < 1.29 is 24.2 Å². The first-order valence-electron chi connectivity index (χ1n) is 11.4. The largest absolute Gasteiger partial charge is 0.480 e. The van der Waals surface area contributed by atoms with Gasteiger partial charge < -0.3 is 14.7 Å². The molecular weight excluding hydrogens is 396 g/mol. The summed E-state index contributed by atoms with van der Waals surface area (Å²) in [6.45, 7) is 4.21. The third-order valence-corrected chi connectivity index (χ3v) is 6.63. The summed E-state index contributed by atoms with van der Waals surface area (Å²) in [6, 6.07) is 7.77. The number of carbonyl (C=O) groups excluding carboxylic acids is 2. The Morgan fingerprint density at radius 1 is 1.19 bits per heavy atom. The highest BCUT2D eigenvalue weighted by atomic mass is 16.5. The number of ether oxygens (including phenoxy) is 1. The summed E-state index contributed by atoms with van der Waals surface area (Å²) in [5.41, 5.74) is 1.10. The number of carbonyl (C=O) groups is 3. The normalized spacial score (nSPS) is 24.8. The predicted octanol–water partition coefficient (Wildman–Crippen LogP) is 2.63. The Bertz CT molecular complexity index is 768. The minimum absolute atomic E-state index is 0.0290. The van der Waals surface area contributed by atoms with E-state index in [9.17, 15) is 19.5 Å². The van der Waals surface area contributed by atoms with Gasteiger partial charge in [0.1, 0.15) is 12.1 Å². The van der Waals surface area contributed by atoms with Crippen LogP contribution in [-0.4, -0.2) is 59.1 Å². The van der Waals surface area contributed by atoms with E-state index in [0.29, 0.717) is 19.4 Å². The fourth-order valence-electron chi connectivity index (χ4n) is 5.11. The first-order chi connectivity index (χ1) is 14.9. The summed E-state index contributed by atoms with van der Waals surface area (Å²) >= 11 is 0. The Hall–Kier alpha value is -2.41. The molecule has 2 aliphatic rings. The molecule has 1 aliphatic carbocycles. The number of hydrogen-bond donors (Lipinski definition) is 2. The molecule has 3 rings (SSSR count). The van der Waals surface area contributed by atoms with E-state index < -0.39 is 24.1 Å². The van der Waals surface area contributed by atoms with Gasteiger partial charge in [0.2, 0.25) is 5.91 Å². The number of carboxylic acid groups (broad SMARTS) is 1. The van der Waals surface area contributed by atoms with Crippen LogP contribution in [-0.2, 0) is 25.5 Å². The zero-order valence-electron chi connectivity index (χ0n) is 18.5. The average molecular weight is 431 g/mol. The van der Waals surface area contributed by atoms with E-state index in [2.05, 4.69) is 5.32 Å². The summed E-state index contributed by atoms with van der Waals surface area (Å²) in [5.74, 6) is -1.29. The molecule has 1 aliphatic heterocycles. The predicted molar refractivity (Wildman–Crippen MR) is 116 cm³/mol. The number of benzene rings is 1. The van der Waals surface area contributed by atoms with E-state index in [1.807, 2.05) is 30.3 Å². The number of amides is 1. The van der Waals surface area contributed by atoms with Crippen LogP contribution in [0.4, 0.5) is 0 Å².